The van der Waals surface area contributed by atoms with E-state index < -0.39 is 0 Å². The van der Waals surface area contributed by atoms with Crippen LogP contribution in [-0.2, 0) is 4.79 Å². The van der Waals surface area contributed by atoms with Crippen LogP contribution in [0.25, 0.3) is 0 Å². The number of hydrogen-bond donors (Lipinski definition) is 0. The van der Waals surface area contributed by atoms with Gasteiger partial charge in [-0.3, -0.25) is 0 Å². The highest BCUT2D eigenvalue weighted by atomic mass is 79.9. The Bertz CT molecular complexity index is 602. The van der Waals surface area contributed by atoms with Crippen molar-refractivity contribution >= 4 is 53.8 Å². The first kappa shape index (κ1) is 21.9. The Morgan fingerprint density at radius 2 is 1.46 bits per heavy atom. The van der Waals surface area contributed by atoms with E-state index in [-0.39, 0.29) is 11.4 Å². The van der Waals surface area contributed by atoms with Crippen molar-refractivity contribution in [1.29, 1.82) is 0 Å². The van der Waals surface area contributed by atoms with Crippen LogP contribution in [0.15, 0.2) is 36.7 Å². The van der Waals surface area contributed by atoms with E-state index in [1.165, 1.54) is 5.57 Å². The summed E-state index contributed by atoms with van der Waals surface area (Å²) in [5.74, 6) is 0.269. The van der Waals surface area contributed by atoms with Crippen LogP contribution in [0.4, 0.5) is 0 Å². The molecule has 0 amide bonds. The second-order valence-corrected chi connectivity index (χ2v) is 8.67. The lowest BCUT2D eigenvalue weighted by atomic mass is 9.74. The third-order valence-corrected chi connectivity index (χ3v) is 6.37. The van der Waals surface area contributed by atoms with E-state index in [0.29, 0.717) is 5.75 Å². The summed E-state index contributed by atoms with van der Waals surface area (Å²) in [5, 5.41) is 0. The zero-order valence-electron chi connectivity index (χ0n) is 14.9. The van der Waals surface area contributed by atoms with E-state index in [9.17, 15) is 4.79 Å². The Labute approximate surface area is 170 Å². The van der Waals surface area contributed by atoms with Gasteiger partial charge < -0.3 is 4.74 Å². The fraction of sp³-hybridized carbons (Fsp3) is 0.526. The topological polar surface area (TPSA) is 26.3 Å². The largest absolute Gasteiger partial charge is 0.421 e. The lowest BCUT2D eigenvalue weighted by Crippen LogP contribution is -2.28. The summed E-state index contributed by atoms with van der Waals surface area (Å²) >= 11 is 10.4. The van der Waals surface area contributed by atoms with Crippen LogP contribution in [0.2, 0.25) is 0 Å². The van der Waals surface area contributed by atoms with E-state index in [0.717, 1.165) is 44.7 Å². The maximum atomic E-state index is 13.1. The number of ether oxygens (including phenoxy) is 1. The number of rotatable bonds is 7. The monoisotopic (exact) mass is 522 g/mol. The van der Waals surface area contributed by atoms with Crippen molar-refractivity contribution in [3.05, 3.63) is 36.7 Å². The summed E-state index contributed by atoms with van der Waals surface area (Å²) in [4.78, 5) is 13.1. The SMILES string of the molecule is CCC(CC)=C(C(=O)Oc1c(Br)cc(Br)cc1Br)C(C)(CC)CC. The molecule has 24 heavy (non-hydrogen) atoms. The molecule has 0 aromatic heterocycles. The van der Waals surface area contributed by atoms with Gasteiger partial charge >= 0.3 is 5.97 Å². The summed E-state index contributed by atoms with van der Waals surface area (Å²) in [5.41, 5.74) is 1.84. The van der Waals surface area contributed by atoms with Gasteiger partial charge in [-0.15, -0.1) is 0 Å². The number of carbonyl (C=O) groups is 1. The maximum absolute atomic E-state index is 13.1. The van der Waals surface area contributed by atoms with Gasteiger partial charge in [-0.1, -0.05) is 56.1 Å². The molecule has 0 spiro atoms. The van der Waals surface area contributed by atoms with Gasteiger partial charge in [0, 0.05) is 10.0 Å². The molecular formula is C19H25Br3O2. The van der Waals surface area contributed by atoms with Gasteiger partial charge in [-0.2, -0.15) is 0 Å². The molecule has 0 saturated heterocycles. The average Bonchev–Trinajstić information content (AvgIpc) is 2.54. The highest BCUT2D eigenvalue weighted by Crippen LogP contribution is 2.41. The van der Waals surface area contributed by atoms with Crippen LogP contribution >= 0.6 is 47.8 Å². The van der Waals surface area contributed by atoms with Gasteiger partial charge in [0.05, 0.1) is 8.95 Å². The zero-order valence-corrected chi connectivity index (χ0v) is 19.7. The van der Waals surface area contributed by atoms with Gasteiger partial charge in [0.25, 0.3) is 0 Å². The van der Waals surface area contributed by atoms with Crippen molar-refractivity contribution in [3.8, 4) is 5.75 Å². The molecule has 0 saturated carbocycles. The van der Waals surface area contributed by atoms with Crippen molar-refractivity contribution in [2.45, 2.75) is 60.3 Å². The lowest BCUT2D eigenvalue weighted by molar-refractivity contribution is -0.131. The second-order valence-electron chi connectivity index (χ2n) is 6.04. The van der Waals surface area contributed by atoms with Gasteiger partial charge in [0.1, 0.15) is 0 Å². The predicted octanol–water partition coefficient (Wildman–Crippen LogP) is 7.82. The number of esters is 1. The van der Waals surface area contributed by atoms with Crippen LogP contribution in [0.5, 0.6) is 5.75 Å². The summed E-state index contributed by atoms with van der Waals surface area (Å²) in [6, 6.07) is 3.74. The van der Waals surface area contributed by atoms with Crippen molar-refractivity contribution in [2.24, 2.45) is 5.41 Å². The van der Waals surface area contributed by atoms with Gasteiger partial charge in [-0.25, -0.2) is 4.79 Å². The van der Waals surface area contributed by atoms with Crippen molar-refractivity contribution in [3.63, 3.8) is 0 Å². The van der Waals surface area contributed by atoms with Crippen LogP contribution in [-0.4, -0.2) is 5.97 Å². The molecule has 1 aromatic rings. The molecular weight excluding hydrogens is 500 g/mol. The summed E-state index contributed by atoms with van der Waals surface area (Å²) < 4.78 is 8.20. The Hall–Kier alpha value is -0.130. The molecule has 134 valence electrons. The minimum absolute atomic E-state index is 0.174. The summed E-state index contributed by atoms with van der Waals surface area (Å²) in [7, 11) is 0. The van der Waals surface area contributed by atoms with Crippen molar-refractivity contribution in [2.75, 3.05) is 0 Å². The first-order valence-electron chi connectivity index (χ1n) is 8.33. The Morgan fingerprint density at radius 1 is 1.00 bits per heavy atom. The number of benzene rings is 1. The smallest absolute Gasteiger partial charge is 0.339 e. The van der Waals surface area contributed by atoms with Crippen molar-refractivity contribution in [1.82, 2.24) is 0 Å². The number of carbonyl (C=O) groups excluding carboxylic acids is 1. The standard InChI is InChI=1S/C19H25Br3O2/c1-6-12(7-2)16(19(5,8-3)9-4)18(23)24-17-14(21)10-13(20)11-15(17)22/h10-11H,6-9H2,1-5H3. The second kappa shape index (κ2) is 9.54. The van der Waals surface area contributed by atoms with Crippen LogP contribution in [0, 0.1) is 5.41 Å². The van der Waals surface area contributed by atoms with E-state index in [1.807, 2.05) is 12.1 Å². The molecule has 1 rings (SSSR count). The molecule has 2 nitrogen and oxygen atoms in total. The normalized spacial score (nSPS) is 11.3. The van der Waals surface area contributed by atoms with Crippen LogP contribution in [0.1, 0.15) is 60.3 Å². The molecule has 0 aliphatic carbocycles. The molecule has 0 aliphatic rings. The molecule has 5 heteroatoms. The van der Waals surface area contributed by atoms with Crippen LogP contribution < -0.4 is 4.74 Å². The Kier molecular flexibility index (Phi) is 8.71. The highest BCUT2D eigenvalue weighted by Gasteiger charge is 2.34. The molecule has 0 aliphatic heterocycles. The minimum atomic E-state index is -0.247. The third-order valence-electron chi connectivity index (χ3n) is 4.73. The first-order valence-corrected chi connectivity index (χ1v) is 10.7. The first-order chi connectivity index (χ1) is 11.2. The molecule has 0 heterocycles. The van der Waals surface area contributed by atoms with Gasteiger partial charge in [0.2, 0.25) is 0 Å². The Morgan fingerprint density at radius 3 is 1.83 bits per heavy atom. The van der Waals surface area contributed by atoms with E-state index in [4.69, 9.17) is 4.74 Å². The van der Waals surface area contributed by atoms with E-state index in [2.05, 4.69) is 82.4 Å². The summed E-state index contributed by atoms with van der Waals surface area (Å²) in [6.45, 7) is 10.6. The molecule has 0 unspecified atom stereocenters. The highest BCUT2D eigenvalue weighted by molar-refractivity contribution is 9.11. The quantitative estimate of drug-likeness (QED) is 0.206. The average molecular weight is 525 g/mol. The number of halogens is 3. The van der Waals surface area contributed by atoms with Gasteiger partial charge in [0.15, 0.2) is 5.75 Å². The number of allylic oxidation sites excluding steroid dienone is 1. The summed E-state index contributed by atoms with van der Waals surface area (Å²) in [6.07, 6.45) is 3.53. The van der Waals surface area contributed by atoms with Crippen molar-refractivity contribution < 1.29 is 9.53 Å². The third kappa shape index (κ3) is 4.95. The molecule has 0 atom stereocenters. The van der Waals surface area contributed by atoms with Gasteiger partial charge in [-0.05, 0) is 75.1 Å². The Balaban J connectivity index is 3.37. The molecule has 0 radical (unpaired) electrons. The van der Waals surface area contributed by atoms with Crippen LogP contribution in [0.3, 0.4) is 0 Å². The molecule has 1 aromatic carbocycles. The number of hydrogen-bond acceptors (Lipinski definition) is 2. The molecule has 0 bridgehead atoms. The lowest BCUT2D eigenvalue weighted by Gasteiger charge is -2.31. The maximum Gasteiger partial charge on any atom is 0.339 e. The zero-order chi connectivity index (χ0) is 18.5. The molecule has 0 N–H and O–H groups in total. The van der Waals surface area contributed by atoms with E-state index >= 15 is 0 Å². The fourth-order valence-electron chi connectivity index (χ4n) is 2.79. The van der Waals surface area contributed by atoms with E-state index in [1.54, 1.807) is 0 Å². The minimum Gasteiger partial charge on any atom is -0.421 e. The predicted molar refractivity (Wildman–Crippen MR) is 111 cm³/mol. The molecule has 0 fully saturated rings. The fourth-order valence-corrected chi connectivity index (χ4v) is 5.22.